The Morgan fingerprint density at radius 1 is 2.00 bits per heavy atom. The van der Waals surface area contributed by atoms with Crippen molar-refractivity contribution in [3.63, 3.8) is 0 Å². The lowest BCUT2D eigenvalue weighted by Gasteiger charge is -1.95. The maximum absolute atomic E-state index is 9.91. The molecule has 1 unspecified atom stereocenters. The van der Waals surface area contributed by atoms with Gasteiger partial charge >= 0.3 is 5.97 Å². The second kappa shape index (κ2) is 3.50. The van der Waals surface area contributed by atoms with Gasteiger partial charge in [0.05, 0.1) is 0 Å². The maximum atomic E-state index is 9.91. The lowest BCUT2D eigenvalue weighted by molar-refractivity contribution is -0.136. The molecule has 0 radical (unpaired) electrons. The van der Waals surface area contributed by atoms with Gasteiger partial charge in [-0.1, -0.05) is 6.08 Å². The standard InChI is InChI=1S/C5H7ClO2/c1-2-3-4(6)5(7)8/h2,4H,1,3H2,(H,7,8). The van der Waals surface area contributed by atoms with Gasteiger partial charge in [-0.2, -0.15) is 0 Å². The number of hydrogen-bond donors (Lipinski definition) is 1. The summed E-state index contributed by atoms with van der Waals surface area (Å²) in [6.45, 7) is 3.34. The predicted molar refractivity (Wildman–Crippen MR) is 32.1 cm³/mol. The van der Waals surface area contributed by atoms with Crippen LogP contribution in [0.15, 0.2) is 12.7 Å². The van der Waals surface area contributed by atoms with Crippen LogP contribution in [-0.2, 0) is 4.79 Å². The van der Waals surface area contributed by atoms with Gasteiger partial charge in [0, 0.05) is 0 Å². The van der Waals surface area contributed by atoms with Crippen LogP contribution in [-0.4, -0.2) is 16.5 Å². The van der Waals surface area contributed by atoms with E-state index in [0.29, 0.717) is 6.42 Å². The fourth-order valence-electron chi connectivity index (χ4n) is 0.247. The number of carbonyl (C=O) groups is 1. The molecule has 2 nitrogen and oxygen atoms in total. The summed E-state index contributed by atoms with van der Waals surface area (Å²) in [5.41, 5.74) is 0. The van der Waals surface area contributed by atoms with E-state index >= 15 is 0 Å². The number of halogens is 1. The summed E-state index contributed by atoms with van der Waals surface area (Å²) >= 11 is 5.25. The van der Waals surface area contributed by atoms with E-state index < -0.39 is 11.3 Å². The third-order valence-electron chi connectivity index (χ3n) is 0.642. The quantitative estimate of drug-likeness (QED) is 0.466. The van der Waals surface area contributed by atoms with E-state index in [0.717, 1.165) is 0 Å². The molecule has 46 valence electrons. The molecule has 0 saturated carbocycles. The van der Waals surface area contributed by atoms with Crippen LogP contribution in [0.4, 0.5) is 0 Å². The number of carboxylic acids is 1. The fourth-order valence-corrected chi connectivity index (χ4v) is 0.373. The zero-order valence-corrected chi connectivity index (χ0v) is 5.06. The van der Waals surface area contributed by atoms with Gasteiger partial charge in [0.15, 0.2) is 0 Å². The molecule has 0 aliphatic heterocycles. The van der Waals surface area contributed by atoms with Crippen LogP contribution in [0.1, 0.15) is 6.42 Å². The molecule has 0 aliphatic carbocycles. The Balaban J connectivity index is 3.46. The lowest BCUT2D eigenvalue weighted by Crippen LogP contribution is -2.11. The molecule has 1 N–H and O–H groups in total. The molecule has 0 bridgehead atoms. The topological polar surface area (TPSA) is 37.3 Å². The Bertz CT molecular complexity index is 101. The van der Waals surface area contributed by atoms with Gasteiger partial charge in [0.25, 0.3) is 0 Å². The Hall–Kier alpha value is -0.500. The predicted octanol–water partition coefficient (Wildman–Crippen LogP) is 1.25. The first kappa shape index (κ1) is 7.50. The van der Waals surface area contributed by atoms with Gasteiger partial charge in [0.2, 0.25) is 0 Å². The van der Waals surface area contributed by atoms with E-state index in [9.17, 15) is 4.79 Å². The molecule has 0 aromatic carbocycles. The van der Waals surface area contributed by atoms with Gasteiger partial charge in [-0.05, 0) is 6.42 Å². The van der Waals surface area contributed by atoms with Crippen molar-refractivity contribution in [2.45, 2.75) is 11.8 Å². The molecular formula is C5H7ClO2. The summed E-state index contributed by atoms with van der Waals surface area (Å²) in [7, 11) is 0. The monoisotopic (exact) mass is 134 g/mol. The van der Waals surface area contributed by atoms with Gasteiger partial charge in [-0.25, -0.2) is 0 Å². The Labute approximate surface area is 52.8 Å². The normalized spacial score (nSPS) is 12.6. The number of alkyl halides is 1. The average Bonchev–Trinajstić information content (AvgIpc) is 1.67. The minimum atomic E-state index is -0.994. The van der Waals surface area contributed by atoms with Crippen LogP contribution < -0.4 is 0 Å². The van der Waals surface area contributed by atoms with Gasteiger partial charge in [-0.15, -0.1) is 18.2 Å². The number of allylic oxidation sites excluding steroid dienone is 1. The molecule has 0 aromatic rings. The third kappa shape index (κ3) is 2.64. The fraction of sp³-hybridized carbons (Fsp3) is 0.400. The third-order valence-corrected chi connectivity index (χ3v) is 1.01. The Morgan fingerprint density at radius 2 is 2.50 bits per heavy atom. The summed E-state index contributed by atoms with van der Waals surface area (Å²) in [4.78, 5) is 9.91. The molecule has 0 saturated heterocycles. The highest BCUT2D eigenvalue weighted by Gasteiger charge is 2.09. The zero-order valence-electron chi connectivity index (χ0n) is 4.30. The summed E-state index contributed by atoms with van der Waals surface area (Å²) in [5, 5.41) is 7.32. The molecule has 0 rings (SSSR count). The molecule has 0 fully saturated rings. The van der Waals surface area contributed by atoms with E-state index in [4.69, 9.17) is 16.7 Å². The average molecular weight is 135 g/mol. The first-order valence-corrected chi connectivity index (χ1v) is 2.60. The number of hydrogen-bond acceptors (Lipinski definition) is 1. The van der Waals surface area contributed by atoms with E-state index in [1.54, 1.807) is 0 Å². The molecule has 8 heavy (non-hydrogen) atoms. The van der Waals surface area contributed by atoms with Crippen LogP contribution in [0.3, 0.4) is 0 Å². The second-order valence-corrected chi connectivity index (χ2v) is 1.86. The van der Waals surface area contributed by atoms with Crippen molar-refractivity contribution in [2.24, 2.45) is 0 Å². The SMILES string of the molecule is C=CCC(Cl)C(=O)O. The summed E-state index contributed by atoms with van der Waals surface area (Å²) in [5.74, 6) is -0.994. The summed E-state index contributed by atoms with van der Waals surface area (Å²) < 4.78 is 0. The van der Waals surface area contributed by atoms with Crippen LogP contribution in [0, 0.1) is 0 Å². The molecule has 0 aromatic heterocycles. The van der Waals surface area contributed by atoms with Crippen molar-refractivity contribution < 1.29 is 9.90 Å². The van der Waals surface area contributed by atoms with E-state index in [1.165, 1.54) is 6.08 Å². The van der Waals surface area contributed by atoms with E-state index in [2.05, 4.69) is 6.58 Å². The van der Waals surface area contributed by atoms with Crippen molar-refractivity contribution >= 4 is 17.6 Å². The smallest absolute Gasteiger partial charge is 0.321 e. The van der Waals surface area contributed by atoms with Crippen molar-refractivity contribution in [2.75, 3.05) is 0 Å². The number of carboxylic acid groups (broad SMARTS) is 1. The first-order valence-electron chi connectivity index (χ1n) is 2.16. The Morgan fingerprint density at radius 3 is 2.62 bits per heavy atom. The molecule has 0 spiro atoms. The van der Waals surface area contributed by atoms with E-state index in [1.807, 2.05) is 0 Å². The summed E-state index contributed by atoms with van der Waals surface area (Å²) in [6, 6.07) is 0. The maximum Gasteiger partial charge on any atom is 0.321 e. The number of aliphatic carboxylic acids is 1. The van der Waals surface area contributed by atoms with Crippen molar-refractivity contribution in [3.05, 3.63) is 12.7 Å². The first-order chi connectivity index (χ1) is 3.68. The van der Waals surface area contributed by atoms with E-state index in [-0.39, 0.29) is 0 Å². The molecule has 0 aliphatic rings. The summed E-state index contributed by atoms with van der Waals surface area (Å²) in [6.07, 6.45) is 1.79. The highest BCUT2D eigenvalue weighted by atomic mass is 35.5. The largest absolute Gasteiger partial charge is 0.480 e. The van der Waals surface area contributed by atoms with Crippen molar-refractivity contribution in [3.8, 4) is 0 Å². The van der Waals surface area contributed by atoms with Crippen molar-refractivity contribution in [1.82, 2.24) is 0 Å². The van der Waals surface area contributed by atoms with Gasteiger partial charge in [0.1, 0.15) is 5.38 Å². The molecule has 0 amide bonds. The molecule has 0 heterocycles. The highest BCUT2D eigenvalue weighted by Crippen LogP contribution is 2.00. The van der Waals surface area contributed by atoms with Crippen LogP contribution in [0.2, 0.25) is 0 Å². The van der Waals surface area contributed by atoms with Crippen molar-refractivity contribution in [1.29, 1.82) is 0 Å². The second-order valence-electron chi connectivity index (χ2n) is 1.33. The number of rotatable bonds is 3. The van der Waals surface area contributed by atoms with Gasteiger partial charge in [-0.3, -0.25) is 4.79 Å². The van der Waals surface area contributed by atoms with Gasteiger partial charge < -0.3 is 5.11 Å². The van der Waals surface area contributed by atoms with Crippen LogP contribution in [0.25, 0.3) is 0 Å². The molecule has 3 heteroatoms. The zero-order chi connectivity index (χ0) is 6.57. The van der Waals surface area contributed by atoms with Crippen LogP contribution in [0.5, 0.6) is 0 Å². The highest BCUT2D eigenvalue weighted by molar-refractivity contribution is 6.29. The minimum Gasteiger partial charge on any atom is -0.480 e. The van der Waals surface area contributed by atoms with Crippen LogP contribution >= 0.6 is 11.6 Å². The molecule has 1 atom stereocenters. The minimum absolute atomic E-state index is 0.316. The molecular weight excluding hydrogens is 128 g/mol. The lowest BCUT2D eigenvalue weighted by atomic mass is 10.3. The Kier molecular flexibility index (Phi) is 3.28.